The Balaban J connectivity index is 1.57. The lowest BCUT2D eigenvalue weighted by Crippen LogP contribution is -2.58. The second-order valence-corrected chi connectivity index (χ2v) is 9.97. The van der Waals surface area contributed by atoms with Gasteiger partial charge in [-0.25, -0.2) is 4.79 Å². The van der Waals surface area contributed by atoms with Gasteiger partial charge in [0.25, 0.3) is 0 Å². The van der Waals surface area contributed by atoms with E-state index in [1.807, 2.05) is 60.8 Å². The average Bonchev–Trinajstić information content (AvgIpc) is 3.62. The molecular weight excluding hydrogens is 518 g/mol. The maximum atomic E-state index is 13.7. The van der Waals surface area contributed by atoms with E-state index < -0.39 is 42.0 Å². The van der Waals surface area contributed by atoms with E-state index in [1.54, 1.807) is 0 Å². The van der Waals surface area contributed by atoms with Crippen LogP contribution in [-0.4, -0.2) is 70.2 Å². The van der Waals surface area contributed by atoms with Gasteiger partial charge in [0, 0.05) is 35.7 Å². The van der Waals surface area contributed by atoms with Crippen molar-refractivity contribution < 1.29 is 24.3 Å². The summed E-state index contributed by atoms with van der Waals surface area (Å²) in [6.45, 7) is 0.729. The topological polar surface area (TPSA) is 152 Å². The Morgan fingerprint density at radius 3 is 2.23 bits per heavy atom. The largest absolute Gasteiger partial charge is 0.480 e. The summed E-state index contributed by atoms with van der Waals surface area (Å²) in [5, 5.41) is 21.6. The van der Waals surface area contributed by atoms with E-state index >= 15 is 0 Å². The Bertz CT molecular complexity index is 1310. The number of hydrogen-bond acceptors (Lipinski definition) is 6. The van der Waals surface area contributed by atoms with Crippen molar-refractivity contribution in [1.29, 1.82) is 0 Å². The number of aromatic amines is 1. The van der Waals surface area contributed by atoms with Crippen molar-refractivity contribution in [3.8, 4) is 0 Å². The summed E-state index contributed by atoms with van der Waals surface area (Å²) in [6.07, 6.45) is 3.68. The zero-order valence-electron chi connectivity index (χ0n) is 21.4. The van der Waals surface area contributed by atoms with E-state index in [9.17, 15) is 24.3 Å². The molecule has 4 rings (SSSR count). The minimum Gasteiger partial charge on any atom is -0.480 e. The molecule has 39 heavy (non-hydrogen) atoms. The van der Waals surface area contributed by atoms with Crippen LogP contribution < -0.4 is 21.3 Å². The van der Waals surface area contributed by atoms with Crippen molar-refractivity contribution in [2.24, 2.45) is 0 Å². The lowest BCUT2D eigenvalue weighted by Gasteiger charge is -2.25. The van der Waals surface area contributed by atoms with Crippen LogP contribution in [0.1, 0.15) is 24.0 Å². The van der Waals surface area contributed by atoms with Gasteiger partial charge in [-0.1, -0.05) is 48.5 Å². The van der Waals surface area contributed by atoms with Gasteiger partial charge in [-0.15, -0.1) is 0 Å². The number of hydrogen-bond donors (Lipinski definition) is 7. The molecule has 3 amide bonds. The van der Waals surface area contributed by atoms with Crippen LogP contribution in [0, 0.1) is 0 Å². The fourth-order valence-electron chi connectivity index (χ4n) is 4.70. The number of benzene rings is 2. The molecule has 1 saturated heterocycles. The second-order valence-electron chi connectivity index (χ2n) is 9.61. The number of rotatable bonds is 12. The predicted molar refractivity (Wildman–Crippen MR) is 150 cm³/mol. The zero-order chi connectivity index (χ0) is 27.8. The minimum absolute atomic E-state index is 0.110. The van der Waals surface area contributed by atoms with Gasteiger partial charge in [-0.05, 0) is 36.6 Å². The fraction of sp³-hybridized carbons (Fsp3) is 0.357. The lowest BCUT2D eigenvalue weighted by atomic mass is 10.0. The third-order valence-corrected chi connectivity index (χ3v) is 7.19. The molecule has 10 nitrogen and oxygen atoms in total. The number of para-hydroxylation sites is 1. The molecule has 6 N–H and O–H groups in total. The first-order chi connectivity index (χ1) is 18.9. The number of aromatic nitrogens is 1. The number of carboxylic acid groups (broad SMARTS) is 1. The number of H-pyrrole nitrogens is 1. The van der Waals surface area contributed by atoms with Gasteiger partial charge in [0.2, 0.25) is 17.7 Å². The molecule has 0 aliphatic carbocycles. The molecule has 2 heterocycles. The number of aliphatic carboxylic acids is 1. The first-order valence-corrected chi connectivity index (χ1v) is 13.6. The van der Waals surface area contributed by atoms with Gasteiger partial charge < -0.3 is 31.4 Å². The molecule has 11 heteroatoms. The fourth-order valence-corrected chi connectivity index (χ4v) is 4.95. The Morgan fingerprint density at radius 2 is 1.56 bits per heavy atom. The first-order valence-electron chi connectivity index (χ1n) is 12.9. The van der Waals surface area contributed by atoms with Crippen LogP contribution in [0.5, 0.6) is 0 Å². The van der Waals surface area contributed by atoms with Gasteiger partial charge in [0.1, 0.15) is 18.1 Å². The highest BCUT2D eigenvalue weighted by atomic mass is 32.1. The molecule has 0 saturated carbocycles. The predicted octanol–water partition coefficient (Wildman–Crippen LogP) is 1.17. The van der Waals surface area contributed by atoms with E-state index in [4.69, 9.17) is 0 Å². The van der Waals surface area contributed by atoms with Gasteiger partial charge in [0.05, 0.1) is 6.04 Å². The van der Waals surface area contributed by atoms with Gasteiger partial charge in [-0.3, -0.25) is 14.4 Å². The summed E-state index contributed by atoms with van der Waals surface area (Å²) in [6, 6.07) is 13.1. The van der Waals surface area contributed by atoms with Crippen molar-refractivity contribution in [2.75, 3.05) is 12.3 Å². The van der Waals surface area contributed by atoms with Crippen molar-refractivity contribution in [3.63, 3.8) is 0 Å². The summed E-state index contributed by atoms with van der Waals surface area (Å²) in [5.74, 6) is -2.81. The maximum absolute atomic E-state index is 13.7. The number of carbonyl (C=O) groups is 4. The number of amides is 3. The van der Waals surface area contributed by atoms with Crippen LogP contribution in [-0.2, 0) is 32.0 Å². The minimum atomic E-state index is -1.23. The molecule has 3 aromatic rings. The normalized spacial score (nSPS) is 17.2. The van der Waals surface area contributed by atoms with Gasteiger partial charge >= 0.3 is 5.97 Å². The molecular formula is C28H33N5O5S. The van der Waals surface area contributed by atoms with E-state index in [2.05, 4.69) is 38.9 Å². The number of carbonyl (C=O) groups excluding carboxylic acids is 3. The summed E-state index contributed by atoms with van der Waals surface area (Å²) in [5.41, 5.74) is 2.53. The first kappa shape index (κ1) is 28.2. The molecule has 1 aliphatic rings. The van der Waals surface area contributed by atoms with E-state index in [0.717, 1.165) is 35.0 Å². The zero-order valence-corrected chi connectivity index (χ0v) is 22.2. The van der Waals surface area contributed by atoms with Crippen LogP contribution in [0.2, 0.25) is 0 Å². The summed E-state index contributed by atoms with van der Waals surface area (Å²) in [4.78, 5) is 54.6. The highest BCUT2D eigenvalue weighted by Gasteiger charge is 2.32. The highest BCUT2D eigenvalue weighted by molar-refractivity contribution is 7.80. The molecule has 4 atom stereocenters. The monoisotopic (exact) mass is 551 g/mol. The second kappa shape index (κ2) is 13.3. The molecule has 1 fully saturated rings. The summed E-state index contributed by atoms with van der Waals surface area (Å²) in [7, 11) is 0. The molecule has 2 aromatic carbocycles. The van der Waals surface area contributed by atoms with E-state index in [1.165, 1.54) is 0 Å². The molecule has 4 unspecified atom stereocenters. The molecule has 1 aliphatic heterocycles. The van der Waals surface area contributed by atoms with Crippen molar-refractivity contribution in [3.05, 3.63) is 71.9 Å². The lowest BCUT2D eigenvalue weighted by molar-refractivity contribution is -0.141. The molecule has 1 aromatic heterocycles. The SMILES string of the molecule is O=C(O)C(CS)NC(=O)C(Cc1ccccc1)NC(=O)C(Cc1c[nH]c2ccccc12)NC(=O)C1CCCN1. The summed E-state index contributed by atoms with van der Waals surface area (Å²) < 4.78 is 0. The van der Waals surface area contributed by atoms with Crippen LogP contribution >= 0.6 is 12.6 Å². The van der Waals surface area contributed by atoms with Crippen LogP contribution in [0.4, 0.5) is 0 Å². The van der Waals surface area contributed by atoms with E-state index in [-0.39, 0.29) is 24.5 Å². The molecule has 206 valence electrons. The average molecular weight is 552 g/mol. The van der Waals surface area contributed by atoms with E-state index in [0.29, 0.717) is 6.42 Å². The third-order valence-electron chi connectivity index (χ3n) is 6.82. The van der Waals surface area contributed by atoms with Gasteiger partial charge in [-0.2, -0.15) is 12.6 Å². The summed E-state index contributed by atoms with van der Waals surface area (Å²) >= 11 is 4.02. The quantitative estimate of drug-likeness (QED) is 0.168. The van der Waals surface area contributed by atoms with Gasteiger partial charge in [0.15, 0.2) is 0 Å². The Morgan fingerprint density at radius 1 is 0.897 bits per heavy atom. The molecule has 0 bridgehead atoms. The third kappa shape index (κ3) is 7.39. The van der Waals surface area contributed by atoms with Crippen molar-refractivity contribution in [2.45, 2.75) is 49.9 Å². The number of carboxylic acids is 1. The highest BCUT2D eigenvalue weighted by Crippen LogP contribution is 2.19. The number of thiol groups is 1. The smallest absolute Gasteiger partial charge is 0.327 e. The van der Waals surface area contributed by atoms with Crippen LogP contribution in [0.15, 0.2) is 60.8 Å². The van der Waals surface area contributed by atoms with Crippen molar-refractivity contribution >= 4 is 47.2 Å². The van der Waals surface area contributed by atoms with Crippen LogP contribution in [0.25, 0.3) is 10.9 Å². The maximum Gasteiger partial charge on any atom is 0.327 e. The Hall–Kier alpha value is -3.83. The Kier molecular flexibility index (Phi) is 9.61. The van der Waals surface area contributed by atoms with Crippen molar-refractivity contribution in [1.82, 2.24) is 26.3 Å². The number of nitrogens with one attached hydrogen (secondary N) is 5. The number of fused-ring (bicyclic) bond motifs is 1. The van der Waals surface area contributed by atoms with Crippen LogP contribution in [0.3, 0.4) is 0 Å². The molecule has 0 radical (unpaired) electrons. The molecule has 0 spiro atoms. The standard InChI is InChI=1S/C28H33N5O5S/c34-25(21-11-6-12-29-21)32-23(14-18-15-30-20-10-5-4-9-19(18)20)27(36)31-22(13-17-7-2-1-3-8-17)26(35)33-24(16-39)28(37)38/h1-5,7-10,15,21-24,29-30,39H,6,11-14,16H2,(H,31,36)(H,32,34)(H,33,35)(H,37,38). The Labute approximate surface area is 231 Å².